The van der Waals surface area contributed by atoms with E-state index in [4.69, 9.17) is 9.47 Å². The Morgan fingerprint density at radius 1 is 1.32 bits per heavy atom. The van der Waals surface area contributed by atoms with Gasteiger partial charge in [0.25, 0.3) is 0 Å². The number of methoxy groups -OCH3 is 1. The summed E-state index contributed by atoms with van der Waals surface area (Å²) in [6, 6.07) is 7.59. The van der Waals surface area contributed by atoms with E-state index in [0.717, 1.165) is 36.1 Å². The number of thioether (sulfide) groups is 1. The number of nitrogens with zero attached hydrogens (tertiary/aromatic N) is 3. The predicted molar refractivity (Wildman–Crippen MR) is 134 cm³/mol. The first-order valence-electron chi connectivity index (χ1n) is 11.2. The molecular formula is C24H28N4O4S2. The van der Waals surface area contributed by atoms with Crippen molar-refractivity contribution in [3.05, 3.63) is 40.3 Å². The van der Waals surface area contributed by atoms with E-state index in [2.05, 4.69) is 22.4 Å². The molecule has 0 spiro atoms. The fraction of sp³-hybridized carbons (Fsp3) is 0.417. The quantitative estimate of drug-likeness (QED) is 0.357. The van der Waals surface area contributed by atoms with E-state index in [0.29, 0.717) is 34.1 Å². The van der Waals surface area contributed by atoms with Crippen LogP contribution in [0.2, 0.25) is 0 Å². The van der Waals surface area contributed by atoms with Crippen molar-refractivity contribution in [1.29, 1.82) is 0 Å². The molecule has 1 unspecified atom stereocenters. The minimum absolute atomic E-state index is 0.144. The second-order valence-electron chi connectivity index (χ2n) is 8.21. The third-order valence-electron chi connectivity index (χ3n) is 5.74. The summed E-state index contributed by atoms with van der Waals surface area (Å²) < 4.78 is 12.4. The van der Waals surface area contributed by atoms with Gasteiger partial charge in [0.1, 0.15) is 10.8 Å². The fourth-order valence-corrected chi connectivity index (χ4v) is 6.13. The van der Waals surface area contributed by atoms with Gasteiger partial charge in [0, 0.05) is 17.5 Å². The van der Waals surface area contributed by atoms with Crippen molar-refractivity contribution >= 4 is 40.0 Å². The van der Waals surface area contributed by atoms with Gasteiger partial charge in [-0.05, 0) is 49.8 Å². The number of hydrogen-bond donors (Lipinski definition) is 1. The number of aromatic nitrogens is 3. The van der Waals surface area contributed by atoms with E-state index < -0.39 is 0 Å². The van der Waals surface area contributed by atoms with Gasteiger partial charge in [-0.3, -0.25) is 4.79 Å². The summed E-state index contributed by atoms with van der Waals surface area (Å²) in [6.45, 7) is 4.29. The van der Waals surface area contributed by atoms with Crippen molar-refractivity contribution in [2.24, 2.45) is 13.0 Å². The zero-order chi connectivity index (χ0) is 24.2. The summed E-state index contributed by atoms with van der Waals surface area (Å²) >= 11 is 2.78. The predicted octanol–water partition coefficient (Wildman–Crippen LogP) is 4.58. The van der Waals surface area contributed by atoms with Gasteiger partial charge in [-0.15, -0.1) is 21.5 Å². The van der Waals surface area contributed by atoms with E-state index in [-0.39, 0.29) is 17.6 Å². The molecule has 0 aliphatic heterocycles. The first-order valence-corrected chi connectivity index (χ1v) is 13.0. The van der Waals surface area contributed by atoms with E-state index in [1.165, 1.54) is 28.0 Å². The molecular weight excluding hydrogens is 472 g/mol. The summed E-state index contributed by atoms with van der Waals surface area (Å²) in [5, 5.41) is 12.7. The van der Waals surface area contributed by atoms with Crippen LogP contribution in [0, 0.1) is 5.92 Å². The number of esters is 1. The van der Waals surface area contributed by atoms with Crippen LogP contribution in [0.15, 0.2) is 29.4 Å². The van der Waals surface area contributed by atoms with Crippen molar-refractivity contribution in [3.8, 4) is 17.1 Å². The molecule has 3 aromatic rings. The van der Waals surface area contributed by atoms with Crippen molar-refractivity contribution in [1.82, 2.24) is 14.8 Å². The molecule has 0 saturated heterocycles. The second-order valence-corrected chi connectivity index (χ2v) is 10.3. The second kappa shape index (κ2) is 10.6. The first-order chi connectivity index (χ1) is 16.4. The Bertz CT molecular complexity index is 1200. The van der Waals surface area contributed by atoms with Crippen molar-refractivity contribution in [2.75, 3.05) is 24.8 Å². The number of anilines is 1. The van der Waals surface area contributed by atoms with Crippen LogP contribution >= 0.6 is 23.1 Å². The molecule has 1 N–H and O–H groups in total. The van der Waals surface area contributed by atoms with Crippen molar-refractivity contribution in [3.63, 3.8) is 0 Å². The highest BCUT2D eigenvalue weighted by atomic mass is 32.2. The van der Waals surface area contributed by atoms with E-state index in [9.17, 15) is 9.59 Å². The zero-order valence-electron chi connectivity index (χ0n) is 19.7. The average molecular weight is 501 g/mol. The molecule has 0 fully saturated rings. The molecule has 180 valence electrons. The average Bonchev–Trinajstić information content (AvgIpc) is 3.37. The Labute approximate surface area is 207 Å². The minimum atomic E-state index is -0.367. The maximum Gasteiger partial charge on any atom is 0.341 e. The Morgan fingerprint density at radius 3 is 2.91 bits per heavy atom. The lowest BCUT2D eigenvalue weighted by Gasteiger charge is -2.18. The van der Waals surface area contributed by atoms with Crippen LogP contribution in [0.1, 0.15) is 41.1 Å². The molecule has 1 amide bonds. The molecule has 0 saturated carbocycles. The number of ether oxygens (including phenoxy) is 2. The number of carbonyl (C=O) groups is 2. The van der Waals surface area contributed by atoms with Crippen LogP contribution in [0.4, 0.5) is 5.00 Å². The summed E-state index contributed by atoms with van der Waals surface area (Å²) in [6.07, 6.45) is 2.78. The van der Waals surface area contributed by atoms with Crippen LogP contribution < -0.4 is 10.1 Å². The summed E-state index contributed by atoms with van der Waals surface area (Å²) in [5.41, 5.74) is 2.43. The number of rotatable bonds is 8. The first kappa shape index (κ1) is 24.3. The maximum absolute atomic E-state index is 12.8. The van der Waals surface area contributed by atoms with Gasteiger partial charge < -0.3 is 19.4 Å². The number of amides is 1. The summed E-state index contributed by atoms with van der Waals surface area (Å²) in [4.78, 5) is 26.6. The van der Waals surface area contributed by atoms with Gasteiger partial charge in [0.05, 0.1) is 25.0 Å². The van der Waals surface area contributed by atoms with Gasteiger partial charge in [0.15, 0.2) is 11.0 Å². The standard InChI is InChI=1S/C24H28N4O4S2/c1-5-32-23(30)20-17-10-9-14(2)11-18(17)34-22(20)25-19(29)13-33-24-27-26-21(28(24)3)15-7-6-8-16(12-15)31-4/h6-8,12,14H,5,9-11,13H2,1-4H3,(H,25,29). The smallest absolute Gasteiger partial charge is 0.341 e. The highest BCUT2D eigenvalue weighted by Crippen LogP contribution is 2.40. The highest BCUT2D eigenvalue weighted by Gasteiger charge is 2.29. The van der Waals surface area contributed by atoms with Gasteiger partial charge in [-0.2, -0.15) is 0 Å². The lowest BCUT2D eigenvalue weighted by Crippen LogP contribution is -2.18. The molecule has 0 bridgehead atoms. The maximum atomic E-state index is 12.8. The van der Waals surface area contributed by atoms with Crippen LogP contribution in [0.5, 0.6) is 5.75 Å². The summed E-state index contributed by atoms with van der Waals surface area (Å²) in [5.74, 6) is 1.56. The van der Waals surface area contributed by atoms with Crippen molar-refractivity contribution < 1.29 is 19.1 Å². The largest absolute Gasteiger partial charge is 0.497 e. The topological polar surface area (TPSA) is 95.3 Å². The fourth-order valence-electron chi connectivity index (χ4n) is 4.00. The van der Waals surface area contributed by atoms with Crippen LogP contribution in [-0.4, -0.2) is 46.1 Å². The van der Waals surface area contributed by atoms with E-state index >= 15 is 0 Å². The number of nitrogens with one attached hydrogen (secondary N) is 1. The van der Waals surface area contributed by atoms with Gasteiger partial charge >= 0.3 is 5.97 Å². The molecule has 34 heavy (non-hydrogen) atoms. The Balaban J connectivity index is 1.47. The molecule has 1 aliphatic rings. The highest BCUT2D eigenvalue weighted by molar-refractivity contribution is 7.99. The van der Waals surface area contributed by atoms with Crippen LogP contribution in [-0.2, 0) is 29.4 Å². The molecule has 1 atom stereocenters. The normalized spacial score (nSPS) is 15.0. The SMILES string of the molecule is CCOC(=O)c1c(NC(=O)CSc2nnc(-c3cccc(OC)c3)n2C)sc2c1CCC(C)C2. The molecule has 8 nitrogen and oxygen atoms in total. The molecule has 2 heterocycles. The minimum Gasteiger partial charge on any atom is -0.497 e. The third-order valence-corrected chi connectivity index (χ3v) is 7.93. The monoisotopic (exact) mass is 500 g/mol. The van der Waals surface area contributed by atoms with Gasteiger partial charge in [-0.25, -0.2) is 4.79 Å². The molecule has 0 radical (unpaired) electrons. The molecule has 1 aromatic carbocycles. The van der Waals surface area contributed by atoms with E-state index in [1.54, 1.807) is 14.0 Å². The molecule has 2 aromatic heterocycles. The number of benzene rings is 1. The number of hydrogen-bond acceptors (Lipinski definition) is 8. The number of fused-ring (bicyclic) bond motifs is 1. The molecule has 1 aliphatic carbocycles. The van der Waals surface area contributed by atoms with Crippen LogP contribution in [0.3, 0.4) is 0 Å². The lowest BCUT2D eigenvalue weighted by molar-refractivity contribution is -0.113. The summed E-state index contributed by atoms with van der Waals surface area (Å²) in [7, 11) is 3.48. The van der Waals surface area contributed by atoms with Gasteiger partial charge in [-0.1, -0.05) is 30.8 Å². The Hall–Kier alpha value is -2.85. The Kier molecular flexibility index (Phi) is 7.57. The number of carbonyl (C=O) groups excluding carboxylic acids is 2. The van der Waals surface area contributed by atoms with Crippen molar-refractivity contribution in [2.45, 2.75) is 38.3 Å². The third kappa shape index (κ3) is 5.12. The lowest BCUT2D eigenvalue weighted by atomic mass is 9.88. The molecule has 10 heteroatoms. The van der Waals surface area contributed by atoms with Crippen LogP contribution in [0.25, 0.3) is 11.4 Å². The Morgan fingerprint density at radius 2 is 2.15 bits per heavy atom. The van der Waals surface area contributed by atoms with Gasteiger partial charge in [0.2, 0.25) is 5.91 Å². The zero-order valence-corrected chi connectivity index (χ0v) is 21.3. The molecule has 4 rings (SSSR count). The van der Waals surface area contributed by atoms with E-state index in [1.807, 2.05) is 35.9 Å². The number of thiophene rings is 1.